The van der Waals surface area contributed by atoms with Gasteiger partial charge in [-0.15, -0.1) is 11.8 Å². The van der Waals surface area contributed by atoms with Gasteiger partial charge < -0.3 is 4.98 Å². The lowest BCUT2D eigenvalue weighted by molar-refractivity contribution is 1.28. The molecule has 1 aliphatic heterocycles. The first-order chi connectivity index (χ1) is 8.25. The molecule has 0 radical (unpaired) electrons. The van der Waals surface area contributed by atoms with Crippen molar-refractivity contribution in [3.05, 3.63) is 52.0 Å². The highest BCUT2D eigenvalue weighted by atomic mass is 35.5. The molecule has 0 fully saturated rings. The number of aromatic nitrogens is 2. The van der Waals surface area contributed by atoms with Gasteiger partial charge in [-0.25, -0.2) is 4.98 Å². The average molecular weight is 283 g/mol. The summed E-state index contributed by atoms with van der Waals surface area (Å²) >= 11 is 14.0. The van der Waals surface area contributed by atoms with E-state index in [0.717, 1.165) is 27.5 Å². The summed E-state index contributed by atoms with van der Waals surface area (Å²) in [5.74, 6) is 0.905. The van der Waals surface area contributed by atoms with Gasteiger partial charge >= 0.3 is 0 Å². The van der Waals surface area contributed by atoms with Crippen molar-refractivity contribution in [3.8, 4) is 0 Å². The van der Waals surface area contributed by atoms with Gasteiger partial charge in [0.2, 0.25) is 0 Å². The number of hydrogen-bond acceptors (Lipinski definition) is 2. The van der Waals surface area contributed by atoms with Crippen LogP contribution in [0, 0.1) is 0 Å². The predicted octanol–water partition coefficient (Wildman–Crippen LogP) is 4.25. The Bertz CT molecular complexity index is 591. The van der Waals surface area contributed by atoms with Crippen molar-refractivity contribution in [2.75, 3.05) is 5.75 Å². The summed E-state index contributed by atoms with van der Waals surface area (Å²) in [6.07, 6.45) is 5.64. The fourth-order valence-corrected chi connectivity index (χ4v) is 3.48. The quantitative estimate of drug-likeness (QED) is 0.847. The second-order valence-electron chi connectivity index (χ2n) is 3.66. The zero-order valence-corrected chi connectivity index (χ0v) is 11.0. The SMILES string of the molecule is Clc1cc(Cl)c2c(c1)C(c1cnc[nH]1)=CCS2. The number of H-pyrrole nitrogens is 1. The van der Waals surface area contributed by atoms with Crippen molar-refractivity contribution < 1.29 is 0 Å². The van der Waals surface area contributed by atoms with E-state index in [1.807, 2.05) is 6.07 Å². The highest BCUT2D eigenvalue weighted by Crippen LogP contribution is 2.42. The molecule has 3 rings (SSSR count). The minimum absolute atomic E-state index is 0.654. The first-order valence-corrected chi connectivity index (χ1v) is 6.81. The van der Waals surface area contributed by atoms with Crippen LogP contribution in [0.15, 0.2) is 35.6 Å². The molecular formula is C12H8Cl2N2S. The smallest absolute Gasteiger partial charge is 0.0924 e. The average Bonchev–Trinajstić information content (AvgIpc) is 2.81. The Kier molecular flexibility index (Phi) is 2.90. The molecule has 5 heteroatoms. The molecule has 2 heterocycles. The van der Waals surface area contributed by atoms with Crippen molar-refractivity contribution in [2.45, 2.75) is 4.90 Å². The van der Waals surface area contributed by atoms with E-state index in [4.69, 9.17) is 23.2 Å². The predicted molar refractivity (Wildman–Crippen MR) is 72.9 cm³/mol. The fourth-order valence-electron chi connectivity index (χ4n) is 1.88. The number of thioether (sulfide) groups is 1. The molecule has 0 unspecified atom stereocenters. The Balaban J connectivity index is 2.20. The van der Waals surface area contributed by atoms with Crippen LogP contribution in [-0.4, -0.2) is 15.7 Å². The van der Waals surface area contributed by atoms with Crippen molar-refractivity contribution in [1.29, 1.82) is 0 Å². The van der Waals surface area contributed by atoms with Gasteiger partial charge in [0.05, 0.1) is 23.2 Å². The number of rotatable bonds is 1. The molecule has 1 N–H and O–H groups in total. The van der Waals surface area contributed by atoms with Crippen LogP contribution in [0.5, 0.6) is 0 Å². The summed E-state index contributed by atoms with van der Waals surface area (Å²) < 4.78 is 0. The largest absolute Gasteiger partial charge is 0.345 e. The van der Waals surface area contributed by atoms with E-state index < -0.39 is 0 Å². The first kappa shape index (κ1) is 11.2. The number of benzene rings is 1. The van der Waals surface area contributed by atoms with Crippen LogP contribution in [0.3, 0.4) is 0 Å². The van der Waals surface area contributed by atoms with E-state index in [2.05, 4.69) is 16.0 Å². The van der Waals surface area contributed by atoms with E-state index in [1.54, 1.807) is 30.4 Å². The Hall–Kier alpha value is -0.900. The standard InChI is InChI=1S/C12H8Cl2N2S/c13-7-3-9-8(11-5-15-6-16-11)1-2-17-12(9)10(14)4-7/h1,3-6H,2H2,(H,15,16). The second-order valence-corrected chi connectivity index (χ2v) is 5.53. The number of halogens is 2. The minimum Gasteiger partial charge on any atom is -0.345 e. The molecule has 1 aromatic carbocycles. The van der Waals surface area contributed by atoms with Crippen LogP contribution in [0.2, 0.25) is 10.0 Å². The zero-order valence-electron chi connectivity index (χ0n) is 8.71. The highest BCUT2D eigenvalue weighted by Gasteiger charge is 2.18. The molecule has 2 aromatic rings. The van der Waals surface area contributed by atoms with Crippen molar-refractivity contribution in [1.82, 2.24) is 9.97 Å². The van der Waals surface area contributed by atoms with Gasteiger partial charge in [-0.1, -0.05) is 29.3 Å². The summed E-state index contributed by atoms with van der Waals surface area (Å²) in [4.78, 5) is 8.24. The van der Waals surface area contributed by atoms with Crippen LogP contribution >= 0.6 is 35.0 Å². The van der Waals surface area contributed by atoms with Gasteiger partial charge in [-0.2, -0.15) is 0 Å². The first-order valence-electron chi connectivity index (χ1n) is 5.07. The molecule has 2 nitrogen and oxygen atoms in total. The molecule has 0 aliphatic carbocycles. The van der Waals surface area contributed by atoms with Gasteiger partial charge in [-0.3, -0.25) is 0 Å². The second kappa shape index (κ2) is 4.41. The topological polar surface area (TPSA) is 28.7 Å². The van der Waals surface area contributed by atoms with E-state index in [1.165, 1.54) is 0 Å². The maximum Gasteiger partial charge on any atom is 0.0924 e. The zero-order chi connectivity index (χ0) is 11.8. The van der Waals surface area contributed by atoms with Gasteiger partial charge in [0.25, 0.3) is 0 Å². The monoisotopic (exact) mass is 282 g/mol. The third-order valence-electron chi connectivity index (χ3n) is 2.60. The van der Waals surface area contributed by atoms with E-state index in [0.29, 0.717) is 10.0 Å². The fraction of sp³-hybridized carbons (Fsp3) is 0.0833. The molecule has 86 valence electrons. The normalized spacial score (nSPS) is 14.4. The van der Waals surface area contributed by atoms with Crippen molar-refractivity contribution in [2.24, 2.45) is 0 Å². The summed E-state index contributed by atoms with van der Waals surface area (Å²) in [5, 5.41) is 1.37. The van der Waals surface area contributed by atoms with Crippen LogP contribution in [-0.2, 0) is 0 Å². The lowest BCUT2D eigenvalue weighted by Crippen LogP contribution is -1.98. The number of hydrogen-bond donors (Lipinski definition) is 1. The van der Waals surface area contributed by atoms with Gasteiger partial charge in [0.15, 0.2) is 0 Å². The molecule has 0 saturated carbocycles. The molecule has 0 spiro atoms. The number of imidazole rings is 1. The van der Waals surface area contributed by atoms with Crippen molar-refractivity contribution >= 4 is 40.5 Å². The summed E-state index contributed by atoms with van der Waals surface area (Å²) in [6, 6.07) is 3.73. The molecule has 0 atom stereocenters. The maximum atomic E-state index is 6.22. The molecule has 1 aliphatic rings. The Morgan fingerprint density at radius 1 is 1.29 bits per heavy atom. The van der Waals surface area contributed by atoms with Crippen LogP contribution in [0.4, 0.5) is 0 Å². The molecule has 0 amide bonds. The number of aromatic amines is 1. The Labute approximate surface area is 113 Å². The molecule has 0 saturated heterocycles. The third-order valence-corrected chi connectivity index (χ3v) is 4.29. The summed E-state index contributed by atoms with van der Waals surface area (Å²) in [7, 11) is 0. The van der Waals surface area contributed by atoms with E-state index in [9.17, 15) is 0 Å². The Morgan fingerprint density at radius 3 is 2.94 bits per heavy atom. The summed E-state index contributed by atoms with van der Waals surface area (Å²) in [5.41, 5.74) is 3.17. The lowest BCUT2D eigenvalue weighted by atomic mass is 10.0. The number of fused-ring (bicyclic) bond motifs is 1. The molecular weight excluding hydrogens is 275 g/mol. The summed E-state index contributed by atoms with van der Waals surface area (Å²) in [6.45, 7) is 0. The highest BCUT2D eigenvalue weighted by molar-refractivity contribution is 7.99. The van der Waals surface area contributed by atoms with Gasteiger partial charge in [0.1, 0.15) is 0 Å². The Morgan fingerprint density at radius 2 is 2.18 bits per heavy atom. The van der Waals surface area contributed by atoms with E-state index >= 15 is 0 Å². The van der Waals surface area contributed by atoms with Gasteiger partial charge in [-0.05, 0) is 12.1 Å². The van der Waals surface area contributed by atoms with Gasteiger partial charge in [0, 0.05) is 26.8 Å². The van der Waals surface area contributed by atoms with Crippen LogP contribution in [0.25, 0.3) is 5.57 Å². The van der Waals surface area contributed by atoms with Crippen LogP contribution in [0.1, 0.15) is 11.3 Å². The minimum atomic E-state index is 0.654. The molecule has 1 aromatic heterocycles. The maximum absolute atomic E-state index is 6.22. The third kappa shape index (κ3) is 1.99. The van der Waals surface area contributed by atoms with Crippen molar-refractivity contribution in [3.63, 3.8) is 0 Å². The van der Waals surface area contributed by atoms with E-state index in [-0.39, 0.29) is 0 Å². The lowest BCUT2D eigenvalue weighted by Gasteiger charge is -2.18. The van der Waals surface area contributed by atoms with Crippen LogP contribution < -0.4 is 0 Å². The number of nitrogens with zero attached hydrogens (tertiary/aromatic N) is 1. The molecule has 0 bridgehead atoms. The number of nitrogens with one attached hydrogen (secondary N) is 1. The molecule has 17 heavy (non-hydrogen) atoms.